The lowest BCUT2D eigenvalue weighted by atomic mass is 9.78. The third-order valence-electron chi connectivity index (χ3n) is 7.31. The Kier molecular flexibility index (Phi) is 7.46. The van der Waals surface area contributed by atoms with Gasteiger partial charge in [-0.1, -0.05) is 57.4 Å². The summed E-state index contributed by atoms with van der Waals surface area (Å²) >= 11 is 0. The molecular weight excluding hydrogens is 410 g/mol. The highest BCUT2D eigenvalue weighted by atomic mass is 16.2. The monoisotopic (exact) mass is 447 g/mol. The number of benzene rings is 1. The standard InChI is InChI=1S/C28H37N3O2/c1-21(2)19-30-27(33)28(14-17-31(20-28)26(32)23-8-4-3-5-9-23)18-24-10-6-7-11-25(24)22-12-15-29-16-13-22/h6-7,10-13,15-16,21,23H,3-5,8-9,14,17-20H2,1-2H3,(H,30,33). The van der Waals surface area contributed by atoms with Crippen molar-refractivity contribution in [2.75, 3.05) is 19.6 Å². The minimum atomic E-state index is -0.595. The fourth-order valence-corrected chi connectivity index (χ4v) is 5.41. The topological polar surface area (TPSA) is 62.3 Å². The number of nitrogens with one attached hydrogen (secondary N) is 1. The summed E-state index contributed by atoms with van der Waals surface area (Å²) in [5.74, 6) is 0.865. The first-order chi connectivity index (χ1) is 16.0. The van der Waals surface area contributed by atoms with Crippen LogP contribution in [0.15, 0.2) is 48.8 Å². The normalized spacial score (nSPS) is 21.4. The van der Waals surface area contributed by atoms with Crippen LogP contribution in [0.1, 0.15) is 57.9 Å². The maximum absolute atomic E-state index is 13.6. The van der Waals surface area contributed by atoms with Gasteiger partial charge in [0, 0.05) is 37.9 Å². The van der Waals surface area contributed by atoms with E-state index in [0.717, 1.165) is 42.4 Å². The summed E-state index contributed by atoms with van der Waals surface area (Å²) in [6.45, 7) is 6.06. The third kappa shape index (κ3) is 5.45. The second kappa shape index (κ2) is 10.5. The highest BCUT2D eigenvalue weighted by Gasteiger charge is 2.47. The van der Waals surface area contributed by atoms with E-state index in [9.17, 15) is 9.59 Å². The molecule has 33 heavy (non-hydrogen) atoms. The van der Waals surface area contributed by atoms with Gasteiger partial charge in [-0.2, -0.15) is 0 Å². The van der Waals surface area contributed by atoms with Crippen molar-refractivity contribution in [1.82, 2.24) is 15.2 Å². The highest BCUT2D eigenvalue weighted by Crippen LogP contribution is 2.39. The van der Waals surface area contributed by atoms with E-state index < -0.39 is 5.41 Å². The van der Waals surface area contributed by atoms with E-state index >= 15 is 0 Å². The predicted molar refractivity (Wildman–Crippen MR) is 131 cm³/mol. The van der Waals surface area contributed by atoms with Crippen molar-refractivity contribution in [3.63, 3.8) is 0 Å². The van der Waals surface area contributed by atoms with Crippen LogP contribution in [-0.4, -0.2) is 41.3 Å². The molecule has 1 aliphatic carbocycles. The van der Waals surface area contributed by atoms with Crippen LogP contribution in [0, 0.1) is 17.3 Å². The molecule has 1 unspecified atom stereocenters. The first-order valence-electron chi connectivity index (χ1n) is 12.5. The number of carbonyl (C=O) groups is 2. The third-order valence-corrected chi connectivity index (χ3v) is 7.31. The zero-order chi connectivity index (χ0) is 23.3. The number of amides is 2. The molecule has 1 N–H and O–H groups in total. The number of likely N-dealkylation sites (tertiary alicyclic amines) is 1. The van der Waals surface area contributed by atoms with Crippen LogP contribution in [0.5, 0.6) is 0 Å². The maximum atomic E-state index is 13.6. The molecule has 1 aromatic carbocycles. The molecule has 2 fully saturated rings. The molecule has 1 aliphatic heterocycles. The van der Waals surface area contributed by atoms with Gasteiger partial charge in [-0.15, -0.1) is 0 Å². The number of pyridine rings is 1. The van der Waals surface area contributed by atoms with E-state index in [4.69, 9.17) is 0 Å². The minimum absolute atomic E-state index is 0.0830. The zero-order valence-corrected chi connectivity index (χ0v) is 20.1. The Labute approximate surface area is 198 Å². The van der Waals surface area contributed by atoms with Gasteiger partial charge in [0.05, 0.1) is 5.41 Å². The van der Waals surface area contributed by atoms with Gasteiger partial charge in [0.2, 0.25) is 11.8 Å². The molecular formula is C28H37N3O2. The van der Waals surface area contributed by atoms with E-state index in [2.05, 4.69) is 36.3 Å². The minimum Gasteiger partial charge on any atom is -0.355 e. The Morgan fingerprint density at radius 2 is 1.82 bits per heavy atom. The van der Waals surface area contributed by atoms with Crippen molar-refractivity contribution in [3.8, 4) is 11.1 Å². The van der Waals surface area contributed by atoms with E-state index in [1.54, 1.807) is 12.4 Å². The van der Waals surface area contributed by atoms with E-state index in [-0.39, 0.29) is 17.7 Å². The van der Waals surface area contributed by atoms with Gasteiger partial charge in [0.1, 0.15) is 0 Å². The van der Waals surface area contributed by atoms with Gasteiger partial charge in [-0.3, -0.25) is 14.6 Å². The second-order valence-electron chi connectivity index (χ2n) is 10.3. The van der Waals surface area contributed by atoms with Gasteiger partial charge in [0.15, 0.2) is 0 Å². The lowest BCUT2D eigenvalue weighted by Crippen LogP contribution is -2.47. The molecule has 2 amide bonds. The molecule has 2 heterocycles. The largest absolute Gasteiger partial charge is 0.355 e. The number of hydrogen-bond acceptors (Lipinski definition) is 3. The highest BCUT2D eigenvalue weighted by molar-refractivity contribution is 5.86. The fourth-order valence-electron chi connectivity index (χ4n) is 5.41. The number of nitrogens with zero attached hydrogens (tertiary/aromatic N) is 2. The summed E-state index contributed by atoms with van der Waals surface area (Å²) in [5.41, 5.74) is 2.79. The average Bonchev–Trinajstić information content (AvgIpc) is 3.28. The molecule has 4 rings (SSSR count). The number of carbonyl (C=O) groups excluding carboxylic acids is 2. The Balaban J connectivity index is 1.60. The maximum Gasteiger partial charge on any atom is 0.228 e. The van der Waals surface area contributed by atoms with Crippen molar-refractivity contribution in [1.29, 1.82) is 0 Å². The quantitative estimate of drug-likeness (QED) is 0.659. The molecule has 1 saturated carbocycles. The van der Waals surface area contributed by atoms with Crippen molar-refractivity contribution < 1.29 is 9.59 Å². The van der Waals surface area contributed by atoms with E-state index in [0.29, 0.717) is 38.4 Å². The summed E-state index contributed by atoms with van der Waals surface area (Å²) in [4.78, 5) is 33.1. The van der Waals surface area contributed by atoms with Crippen molar-refractivity contribution in [2.45, 2.75) is 58.8 Å². The summed E-state index contributed by atoms with van der Waals surface area (Å²) in [6, 6.07) is 12.3. The van der Waals surface area contributed by atoms with Gasteiger partial charge in [-0.25, -0.2) is 0 Å². The SMILES string of the molecule is CC(C)CNC(=O)C1(Cc2ccccc2-c2ccncc2)CCN(C(=O)C2CCCCC2)C1. The van der Waals surface area contributed by atoms with Crippen molar-refractivity contribution in [2.24, 2.45) is 17.3 Å². The summed E-state index contributed by atoms with van der Waals surface area (Å²) in [6.07, 6.45) is 10.4. The molecule has 0 bridgehead atoms. The fraction of sp³-hybridized carbons (Fsp3) is 0.536. The molecule has 5 heteroatoms. The lowest BCUT2D eigenvalue weighted by molar-refractivity contribution is -0.137. The van der Waals surface area contributed by atoms with E-state index in [1.165, 1.54) is 6.42 Å². The van der Waals surface area contributed by atoms with E-state index in [1.807, 2.05) is 29.2 Å². The zero-order valence-electron chi connectivity index (χ0n) is 20.1. The van der Waals surface area contributed by atoms with Crippen LogP contribution in [0.4, 0.5) is 0 Å². The lowest BCUT2D eigenvalue weighted by Gasteiger charge is -2.31. The number of hydrogen-bond donors (Lipinski definition) is 1. The number of aromatic nitrogens is 1. The molecule has 2 aliphatic rings. The summed E-state index contributed by atoms with van der Waals surface area (Å²) in [7, 11) is 0. The van der Waals surface area contributed by atoms with Gasteiger partial charge in [-0.05, 0) is 60.4 Å². The summed E-state index contributed by atoms with van der Waals surface area (Å²) < 4.78 is 0. The average molecular weight is 448 g/mol. The first-order valence-corrected chi connectivity index (χ1v) is 12.5. The Hall–Kier alpha value is -2.69. The van der Waals surface area contributed by atoms with Crippen LogP contribution in [-0.2, 0) is 16.0 Å². The Bertz CT molecular complexity index is 953. The second-order valence-corrected chi connectivity index (χ2v) is 10.3. The molecule has 1 aromatic heterocycles. The van der Waals surface area contributed by atoms with Crippen molar-refractivity contribution in [3.05, 3.63) is 54.4 Å². The first kappa shape index (κ1) is 23.5. The van der Waals surface area contributed by atoms with Crippen LogP contribution in [0.2, 0.25) is 0 Å². The van der Waals surface area contributed by atoms with Gasteiger partial charge >= 0.3 is 0 Å². The van der Waals surface area contributed by atoms with Crippen LogP contribution in [0.25, 0.3) is 11.1 Å². The molecule has 2 aromatic rings. The molecule has 1 saturated heterocycles. The predicted octanol–water partition coefficient (Wildman–Crippen LogP) is 4.86. The van der Waals surface area contributed by atoms with Crippen molar-refractivity contribution >= 4 is 11.8 Å². The van der Waals surface area contributed by atoms with Crippen LogP contribution in [0.3, 0.4) is 0 Å². The molecule has 0 spiro atoms. The molecule has 1 atom stereocenters. The Morgan fingerprint density at radius 3 is 2.55 bits per heavy atom. The molecule has 0 radical (unpaired) electrons. The van der Waals surface area contributed by atoms with Gasteiger partial charge < -0.3 is 10.2 Å². The van der Waals surface area contributed by atoms with Crippen LogP contribution < -0.4 is 5.32 Å². The smallest absolute Gasteiger partial charge is 0.228 e. The summed E-state index contributed by atoms with van der Waals surface area (Å²) in [5, 5.41) is 3.20. The molecule has 176 valence electrons. The van der Waals surface area contributed by atoms with Crippen LogP contribution >= 0.6 is 0 Å². The molecule has 5 nitrogen and oxygen atoms in total. The number of rotatable bonds is 7. The van der Waals surface area contributed by atoms with Gasteiger partial charge in [0.25, 0.3) is 0 Å². The Morgan fingerprint density at radius 1 is 1.09 bits per heavy atom.